The van der Waals surface area contributed by atoms with Crippen molar-refractivity contribution in [3.8, 4) is 5.75 Å². The van der Waals surface area contributed by atoms with Crippen LogP contribution in [0.1, 0.15) is 42.5 Å². The molecule has 0 bridgehead atoms. The van der Waals surface area contributed by atoms with E-state index in [0.29, 0.717) is 44.5 Å². The Hall–Kier alpha value is -1.64. The van der Waals surface area contributed by atoms with E-state index in [9.17, 15) is 13.2 Å². The van der Waals surface area contributed by atoms with Crippen LogP contribution < -0.4 is 9.46 Å². The van der Waals surface area contributed by atoms with Gasteiger partial charge in [-0.3, -0.25) is 4.79 Å². The fraction of sp³-hybridized carbons (Fsp3) is 0.632. The number of hydrogen-bond acceptors (Lipinski definition) is 5. The van der Waals surface area contributed by atoms with E-state index in [-0.39, 0.29) is 16.4 Å². The molecular weight excluding hydrogens is 368 g/mol. The van der Waals surface area contributed by atoms with Crippen LogP contribution in [-0.4, -0.2) is 59.2 Å². The molecule has 7 nitrogen and oxygen atoms in total. The Bertz CT molecular complexity index is 753. The molecule has 2 aliphatic rings. The standard InChI is InChI=1S/C19H28N2O5S/c1-25-18-8-7-16(13-17(18)19(22)21-9-11-26-12-10-21)27(23,24)20-14-15-5-3-2-4-6-15/h7-8,13,15,20H,2-6,9-12,14H2,1H3. The highest BCUT2D eigenvalue weighted by molar-refractivity contribution is 7.89. The molecule has 1 aromatic carbocycles. The molecule has 1 amide bonds. The minimum absolute atomic E-state index is 0.0933. The highest BCUT2D eigenvalue weighted by Crippen LogP contribution is 2.26. The third-order valence-electron chi connectivity index (χ3n) is 5.30. The van der Waals surface area contributed by atoms with Crippen molar-refractivity contribution in [3.05, 3.63) is 23.8 Å². The second kappa shape index (κ2) is 9.03. The number of hydrogen-bond donors (Lipinski definition) is 1. The molecule has 1 aliphatic carbocycles. The normalized spacial score (nSPS) is 19.1. The lowest BCUT2D eigenvalue weighted by atomic mass is 9.90. The van der Waals surface area contributed by atoms with Crippen LogP contribution in [0.4, 0.5) is 0 Å². The van der Waals surface area contributed by atoms with E-state index < -0.39 is 10.0 Å². The van der Waals surface area contributed by atoms with Crippen LogP contribution in [0, 0.1) is 5.92 Å². The van der Waals surface area contributed by atoms with E-state index in [1.807, 2.05) is 0 Å². The van der Waals surface area contributed by atoms with E-state index in [2.05, 4.69) is 4.72 Å². The minimum atomic E-state index is -3.67. The maximum Gasteiger partial charge on any atom is 0.257 e. The number of morpholine rings is 1. The Kier molecular flexibility index (Phi) is 6.73. The summed E-state index contributed by atoms with van der Waals surface area (Å²) in [6, 6.07) is 4.45. The van der Waals surface area contributed by atoms with Crippen molar-refractivity contribution in [1.29, 1.82) is 0 Å². The zero-order chi connectivity index (χ0) is 19.3. The first kappa shape index (κ1) is 20.1. The molecule has 1 saturated carbocycles. The van der Waals surface area contributed by atoms with E-state index in [0.717, 1.165) is 25.7 Å². The number of nitrogens with zero attached hydrogens (tertiary/aromatic N) is 1. The fourth-order valence-electron chi connectivity index (χ4n) is 3.66. The third kappa shape index (κ3) is 5.00. The van der Waals surface area contributed by atoms with Gasteiger partial charge in [-0.15, -0.1) is 0 Å². The molecule has 0 radical (unpaired) electrons. The quantitative estimate of drug-likeness (QED) is 0.795. The summed E-state index contributed by atoms with van der Waals surface area (Å²) in [4.78, 5) is 14.6. The molecule has 27 heavy (non-hydrogen) atoms. The predicted octanol–water partition coefficient (Wildman–Crippen LogP) is 2.03. The van der Waals surface area contributed by atoms with Gasteiger partial charge in [-0.2, -0.15) is 0 Å². The number of sulfonamides is 1. The summed E-state index contributed by atoms with van der Waals surface area (Å²) in [6.45, 7) is 2.38. The van der Waals surface area contributed by atoms with Gasteiger partial charge in [0, 0.05) is 19.6 Å². The van der Waals surface area contributed by atoms with Gasteiger partial charge in [0.15, 0.2) is 0 Å². The van der Waals surface area contributed by atoms with Crippen molar-refractivity contribution in [1.82, 2.24) is 9.62 Å². The molecule has 1 aromatic rings. The molecule has 150 valence electrons. The fourth-order valence-corrected chi connectivity index (χ4v) is 4.80. The van der Waals surface area contributed by atoms with Crippen molar-refractivity contribution in [2.24, 2.45) is 5.92 Å². The average Bonchev–Trinajstić information content (AvgIpc) is 2.72. The Morgan fingerprint density at radius 2 is 1.93 bits per heavy atom. The van der Waals surface area contributed by atoms with Crippen molar-refractivity contribution in [2.45, 2.75) is 37.0 Å². The maximum atomic E-state index is 12.8. The third-order valence-corrected chi connectivity index (χ3v) is 6.72. The van der Waals surface area contributed by atoms with E-state index in [1.165, 1.54) is 25.7 Å². The monoisotopic (exact) mass is 396 g/mol. The highest BCUT2D eigenvalue weighted by atomic mass is 32.2. The molecule has 1 aliphatic heterocycles. The summed E-state index contributed by atoms with van der Waals surface area (Å²) in [5, 5.41) is 0. The SMILES string of the molecule is COc1ccc(S(=O)(=O)NCC2CCCCC2)cc1C(=O)N1CCOCC1. The van der Waals surface area contributed by atoms with Crippen molar-refractivity contribution in [3.63, 3.8) is 0 Å². The molecule has 1 heterocycles. The van der Waals surface area contributed by atoms with Gasteiger partial charge in [-0.05, 0) is 37.0 Å². The number of rotatable bonds is 6. The molecule has 3 rings (SSSR count). The summed E-state index contributed by atoms with van der Waals surface area (Å²) in [5.41, 5.74) is 0.264. The summed E-state index contributed by atoms with van der Waals surface area (Å²) in [6.07, 6.45) is 5.67. The van der Waals surface area contributed by atoms with E-state index >= 15 is 0 Å². The molecule has 1 N–H and O–H groups in total. The van der Waals surface area contributed by atoms with Gasteiger partial charge in [0.1, 0.15) is 5.75 Å². The van der Waals surface area contributed by atoms with Crippen molar-refractivity contribution >= 4 is 15.9 Å². The maximum absolute atomic E-state index is 12.8. The zero-order valence-electron chi connectivity index (χ0n) is 15.8. The van der Waals surface area contributed by atoms with Crippen LogP contribution >= 0.6 is 0 Å². The topological polar surface area (TPSA) is 84.9 Å². The van der Waals surface area contributed by atoms with Crippen LogP contribution in [0.5, 0.6) is 5.75 Å². The Morgan fingerprint density at radius 1 is 1.22 bits per heavy atom. The smallest absolute Gasteiger partial charge is 0.257 e. The lowest BCUT2D eigenvalue weighted by Gasteiger charge is -2.27. The van der Waals surface area contributed by atoms with E-state index in [1.54, 1.807) is 11.0 Å². The Balaban J connectivity index is 1.77. The number of ether oxygens (including phenoxy) is 2. The summed E-state index contributed by atoms with van der Waals surface area (Å²) >= 11 is 0. The minimum Gasteiger partial charge on any atom is -0.496 e. The number of carbonyl (C=O) groups is 1. The van der Waals surface area contributed by atoms with Crippen molar-refractivity contribution in [2.75, 3.05) is 40.0 Å². The molecule has 0 aromatic heterocycles. The average molecular weight is 397 g/mol. The molecule has 0 atom stereocenters. The van der Waals surface area contributed by atoms with Gasteiger partial charge in [0.25, 0.3) is 5.91 Å². The molecule has 8 heteroatoms. The number of amides is 1. The van der Waals surface area contributed by atoms with Gasteiger partial charge >= 0.3 is 0 Å². The van der Waals surface area contributed by atoms with Crippen LogP contribution in [-0.2, 0) is 14.8 Å². The number of carbonyl (C=O) groups excluding carboxylic acids is 1. The first-order valence-electron chi connectivity index (χ1n) is 9.56. The molecule has 1 saturated heterocycles. The lowest BCUT2D eigenvalue weighted by Crippen LogP contribution is -2.41. The molecular formula is C19H28N2O5S. The van der Waals surface area contributed by atoms with Crippen LogP contribution in [0.3, 0.4) is 0 Å². The molecule has 0 spiro atoms. The number of benzene rings is 1. The lowest BCUT2D eigenvalue weighted by molar-refractivity contribution is 0.0300. The summed E-state index contributed by atoms with van der Waals surface area (Å²) in [7, 11) is -2.20. The van der Waals surface area contributed by atoms with Gasteiger partial charge in [-0.1, -0.05) is 19.3 Å². The van der Waals surface area contributed by atoms with E-state index in [4.69, 9.17) is 9.47 Å². The first-order valence-corrected chi connectivity index (χ1v) is 11.0. The second-order valence-corrected chi connectivity index (χ2v) is 8.89. The van der Waals surface area contributed by atoms with Crippen LogP contribution in [0.15, 0.2) is 23.1 Å². The number of methoxy groups -OCH3 is 1. The van der Waals surface area contributed by atoms with Crippen molar-refractivity contribution < 1.29 is 22.7 Å². The van der Waals surface area contributed by atoms with Gasteiger partial charge in [0.05, 0.1) is 30.8 Å². The van der Waals surface area contributed by atoms with Gasteiger partial charge in [0.2, 0.25) is 10.0 Å². The largest absolute Gasteiger partial charge is 0.496 e. The number of nitrogens with one attached hydrogen (secondary N) is 1. The Morgan fingerprint density at radius 3 is 2.59 bits per heavy atom. The summed E-state index contributed by atoms with van der Waals surface area (Å²) in [5.74, 6) is 0.526. The van der Waals surface area contributed by atoms with Gasteiger partial charge in [-0.25, -0.2) is 13.1 Å². The second-order valence-electron chi connectivity index (χ2n) is 7.12. The first-order chi connectivity index (χ1) is 13.0. The Labute approximate surface area is 161 Å². The van der Waals surface area contributed by atoms with Crippen LogP contribution in [0.25, 0.3) is 0 Å². The van der Waals surface area contributed by atoms with Gasteiger partial charge < -0.3 is 14.4 Å². The van der Waals surface area contributed by atoms with Crippen LogP contribution in [0.2, 0.25) is 0 Å². The summed E-state index contributed by atoms with van der Waals surface area (Å²) < 4.78 is 38.7. The molecule has 2 fully saturated rings. The highest BCUT2D eigenvalue weighted by Gasteiger charge is 2.25. The predicted molar refractivity (Wildman–Crippen MR) is 101 cm³/mol. The zero-order valence-corrected chi connectivity index (χ0v) is 16.6. The molecule has 0 unspecified atom stereocenters.